The molecule has 0 amide bonds. The van der Waals surface area contributed by atoms with Gasteiger partial charge in [-0.25, -0.2) is 9.78 Å². The summed E-state index contributed by atoms with van der Waals surface area (Å²) in [6.45, 7) is 5.38. The summed E-state index contributed by atoms with van der Waals surface area (Å²) in [4.78, 5) is 23.0. The van der Waals surface area contributed by atoms with Gasteiger partial charge in [0.05, 0.1) is 0 Å². The fourth-order valence-corrected chi connectivity index (χ4v) is 2.96. The van der Waals surface area contributed by atoms with Crippen molar-refractivity contribution in [2.45, 2.75) is 6.54 Å². The minimum absolute atomic E-state index is 0.0459. The first kappa shape index (κ1) is 13.9. The quantitative estimate of drug-likeness (QED) is 0.694. The molecule has 23 heavy (non-hydrogen) atoms. The van der Waals surface area contributed by atoms with Gasteiger partial charge >= 0.3 is 5.69 Å². The van der Waals surface area contributed by atoms with Crippen molar-refractivity contribution in [3.05, 3.63) is 41.5 Å². The fraction of sp³-hybridized carbons (Fsp3) is 0.429. The second-order valence-corrected chi connectivity index (χ2v) is 5.59. The first-order valence-electron chi connectivity index (χ1n) is 7.67. The van der Waals surface area contributed by atoms with Gasteiger partial charge in [0.25, 0.3) is 5.78 Å². The van der Waals surface area contributed by atoms with Crippen LogP contribution in [0.2, 0.25) is 0 Å². The highest BCUT2D eigenvalue weighted by atomic mass is 16.1. The molecule has 0 saturated carbocycles. The number of H-pyrrole nitrogens is 1. The second-order valence-electron chi connectivity index (χ2n) is 5.59. The van der Waals surface area contributed by atoms with Gasteiger partial charge in [-0.2, -0.15) is 0 Å². The molecule has 1 aliphatic rings. The maximum absolute atomic E-state index is 11.5. The van der Waals surface area contributed by atoms with Crippen molar-refractivity contribution < 1.29 is 0 Å². The molecule has 9 heteroatoms. The van der Waals surface area contributed by atoms with Gasteiger partial charge in [-0.1, -0.05) is 0 Å². The third-order valence-corrected chi connectivity index (χ3v) is 4.27. The average Bonchev–Trinajstić information content (AvgIpc) is 3.22. The van der Waals surface area contributed by atoms with E-state index < -0.39 is 0 Å². The van der Waals surface area contributed by atoms with E-state index in [1.165, 1.54) is 0 Å². The van der Waals surface area contributed by atoms with Crippen LogP contribution < -0.4 is 10.6 Å². The minimum Gasteiger partial charge on any atom is -0.355 e. The molecule has 3 aromatic rings. The van der Waals surface area contributed by atoms with Gasteiger partial charge in [-0.3, -0.25) is 13.9 Å². The van der Waals surface area contributed by atoms with Crippen LogP contribution in [0.4, 0.5) is 5.82 Å². The molecule has 1 N–H and O–H groups in total. The number of aromatic nitrogens is 6. The molecule has 0 aliphatic carbocycles. The Kier molecular flexibility index (Phi) is 3.54. The number of aromatic amines is 1. The average molecular weight is 314 g/mol. The summed E-state index contributed by atoms with van der Waals surface area (Å²) >= 11 is 0. The number of anilines is 1. The normalized spacial score (nSPS) is 16.3. The Morgan fingerprint density at radius 1 is 1.17 bits per heavy atom. The molecule has 3 aromatic heterocycles. The van der Waals surface area contributed by atoms with Crippen molar-refractivity contribution in [2.24, 2.45) is 0 Å². The predicted molar refractivity (Wildman–Crippen MR) is 84.5 cm³/mol. The topological polar surface area (TPSA) is 87.4 Å². The van der Waals surface area contributed by atoms with Crippen molar-refractivity contribution in [3.8, 4) is 0 Å². The molecule has 4 heterocycles. The zero-order valence-electron chi connectivity index (χ0n) is 12.7. The van der Waals surface area contributed by atoms with Crippen molar-refractivity contribution >= 4 is 11.6 Å². The molecule has 0 spiro atoms. The van der Waals surface area contributed by atoms with E-state index >= 15 is 0 Å². The van der Waals surface area contributed by atoms with E-state index in [0.717, 1.165) is 38.5 Å². The number of hydrogen-bond acceptors (Lipinski definition) is 6. The Morgan fingerprint density at radius 3 is 2.83 bits per heavy atom. The van der Waals surface area contributed by atoms with Crippen LogP contribution >= 0.6 is 0 Å². The summed E-state index contributed by atoms with van der Waals surface area (Å²) in [5.74, 6) is 1.69. The molecular weight excluding hydrogens is 296 g/mol. The largest absolute Gasteiger partial charge is 0.355 e. The lowest BCUT2D eigenvalue weighted by atomic mass is 10.3. The van der Waals surface area contributed by atoms with Crippen LogP contribution in [0.3, 0.4) is 0 Å². The minimum atomic E-state index is -0.0459. The van der Waals surface area contributed by atoms with E-state index in [4.69, 9.17) is 0 Å². The number of fused-ring (bicyclic) bond motifs is 1. The number of piperazine rings is 1. The smallest absolute Gasteiger partial charge is 0.325 e. The van der Waals surface area contributed by atoms with Crippen molar-refractivity contribution in [3.63, 3.8) is 0 Å². The van der Waals surface area contributed by atoms with Crippen molar-refractivity contribution in [2.75, 3.05) is 37.6 Å². The number of rotatable bonds is 4. The van der Waals surface area contributed by atoms with E-state index in [-0.39, 0.29) is 5.69 Å². The highest BCUT2D eigenvalue weighted by molar-refractivity contribution is 5.46. The Labute approximate surface area is 132 Å². The van der Waals surface area contributed by atoms with E-state index in [1.54, 1.807) is 29.5 Å². The Bertz CT molecular complexity index is 841. The van der Waals surface area contributed by atoms with Crippen LogP contribution in [0.1, 0.15) is 0 Å². The van der Waals surface area contributed by atoms with Crippen LogP contribution in [-0.2, 0) is 6.54 Å². The molecule has 120 valence electrons. The molecule has 1 fully saturated rings. The second kappa shape index (κ2) is 5.84. The van der Waals surface area contributed by atoms with E-state index in [0.29, 0.717) is 12.3 Å². The van der Waals surface area contributed by atoms with Crippen molar-refractivity contribution in [1.29, 1.82) is 0 Å². The first-order valence-corrected chi connectivity index (χ1v) is 7.67. The Hall–Kier alpha value is -2.68. The van der Waals surface area contributed by atoms with Crippen LogP contribution in [0.15, 0.2) is 35.8 Å². The Balaban J connectivity index is 1.38. The van der Waals surface area contributed by atoms with Gasteiger partial charge in [0.1, 0.15) is 12.1 Å². The van der Waals surface area contributed by atoms with Gasteiger partial charge in [-0.15, -0.1) is 10.2 Å². The number of hydrogen-bond donors (Lipinski definition) is 1. The molecule has 0 aromatic carbocycles. The van der Waals surface area contributed by atoms with Gasteiger partial charge in [0.15, 0.2) is 0 Å². The molecule has 0 bridgehead atoms. The summed E-state index contributed by atoms with van der Waals surface area (Å²) in [5, 5.41) is 7.90. The number of nitrogens with zero attached hydrogens (tertiary/aromatic N) is 7. The van der Waals surface area contributed by atoms with E-state index in [1.807, 2.05) is 10.5 Å². The Morgan fingerprint density at radius 2 is 2.04 bits per heavy atom. The summed E-state index contributed by atoms with van der Waals surface area (Å²) in [6, 6.07) is 1.99. The fourth-order valence-electron chi connectivity index (χ4n) is 2.96. The molecule has 4 rings (SSSR count). The standard InChI is InChI=1S/C14H18N8O/c23-14-16-3-4-21(14)10-7-19-5-8-20(9-6-19)12-1-2-15-13-18-17-11-22(12)13/h1-4,11H,5-10H2,(H,16,23). The molecule has 1 aliphatic heterocycles. The van der Waals surface area contributed by atoms with Gasteiger partial charge in [-0.05, 0) is 6.07 Å². The zero-order valence-corrected chi connectivity index (χ0v) is 12.7. The van der Waals surface area contributed by atoms with Crippen LogP contribution in [0, 0.1) is 0 Å². The zero-order chi connectivity index (χ0) is 15.6. The summed E-state index contributed by atoms with van der Waals surface area (Å²) in [7, 11) is 0. The highest BCUT2D eigenvalue weighted by Gasteiger charge is 2.19. The molecule has 0 atom stereocenters. The number of nitrogens with one attached hydrogen (secondary N) is 1. The van der Waals surface area contributed by atoms with E-state index in [9.17, 15) is 4.79 Å². The lowest BCUT2D eigenvalue weighted by Crippen LogP contribution is -2.48. The lowest BCUT2D eigenvalue weighted by Gasteiger charge is -2.36. The molecule has 0 radical (unpaired) electrons. The molecule has 0 unspecified atom stereocenters. The SMILES string of the molecule is O=c1[nH]ccn1CCN1CCN(c2ccnc3nncn23)CC1. The van der Waals surface area contributed by atoms with Gasteiger partial charge in [0.2, 0.25) is 0 Å². The molecule has 9 nitrogen and oxygen atoms in total. The summed E-state index contributed by atoms with van der Waals surface area (Å²) in [6.07, 6.45) is 6.93. The molecule has 1 saturated heterocycles. The monoisotopic (exact) mass is 314 g/mol. The van der Waals surface area contributed by atoms with Crippen LogP contribution in [-0.4, -0.2) is 66.8 Å². The maximum atomic E-state index is 11.5. The highest BCUT2D eigenvalue weighted by Crippen LogP contribution is 2.16. The van der Waals surface area contributed by atoms with Crippen molar-refractivity contribution in [1.82, 2.24) is 34.0 Å². The van der Waals surface area contributed by atoms with Crippen LogP contribution in [0.5, 0.6) is 0 Å². The van der Waals surface area contributed by atoms with Crippen LogP contribution in [0.25, 0.3) is 5.78 Å². The number of imidazole rings is 1. The first-order chi connectivity index (χ1) is 11.3. The van der Waals surface area contributed by atoms with E-state index in [2.05, 4.69) is 30.0 Å². The van der Waals surface area contributed by atoms with Gasteiger partial charge < -0.3 is 9.88 Å². The maximum Gasteiger partial charge on any atom is 0.325 e. The van der Waals surface area contributed by atoms with Gasteiger partial charge in [0, 0.05) is 57.9 Å². The predicted octanol–water partition coefficient (Wildman–Crippen LogP) is -0.564. The summed E-state index contributed by atoms with van der Waals surface area (Å²) < 4.78 is 3.62. The molecular formula is C14H18N8O. The lowest BCUT2D eigenvalue weighted by molar-refractivity contribution is 0.246. The third-order valence-electron chi connectivity index (χ3n) is 4.27. The summed E-state index contributed by atoms with van der Waals surface area (Å²) in [5.41, 5.74) is -0.0459. The third kappa shape index (κ3) is 2.70.